The molecule has 1 N–H and O–H groups in total. The summed E-state index contributed by atoms with van der Waals surface area (Å²) in [6.07, 6.45) is 7.83. The number of aliphatic hydroxyl groups is 1. The van der Waals surface area contributed by atoms with E-state index in [2.05, 4.69) is 6.92 Å². The van der Waals surface area contributed by atoms with Crippen molar-refractivity contribution in [2.24, 2.45) is 11.8 Å². The number of amides is 2. The van der Waals surface area contributed by atoms with Crippen LogP contribution in [0.5, 0.6) is 5.75 Å². The number of anilines is 1. The molecule has 1 aliphatic carbocycles. The number of likely N-dealkylation sites (N-methyl/N-ethyl adjacent to an activating group) is 1. The molecular weight excluding hydrogens is 494 g/mol. The lowest BCUT2D eigenvalue weighted by Gasteiger charge is -2.36. The van der Waals surface area contributed by atoms with E-state index in [1.165, 1.54) is 6.42 Å². The number of carbonyl (C=O) groups excluding carboxylic acids is 2. The minimum absolute atomic E-state index is 0.0483. The minimum atomic E-state index is -0.386. The number of fused-ring (bicyclic) bond motifs is 1. The molecule has 220 valence electrons. The van der Waals surface area contributed by atoms with Gasteiger partial charge >= 0.3 is 0 Å². The van der Waals surface area contributed by atoms with Crippen LogP contribution < -0.4 is 9.64 Å². The molecule has 1 heterocycles. The molecule has 1 saturated carbocycles. The molecule has 1 aromatic carbocycles. The van der Waals surface area contributed by atoms with E-state index < -0.39 is 0 Å². The van der Waals surface area contributed by atoms with Gasteiger partial charge in [0.1, 0.15) is 5.75 Å². The first-order valence-electron chi connectivity index (χ1n) is 14.9. The van der Waals surface area contributed by atoms with E-state index in [9.17, 15) is 14.7 Å². The monoisotopic (exact) mass is 545 g/mol. The molecule has 2 amide bonds. The molecule has 0 aromatic heterocycles. The second-order valence-corrected chi connectivity index (χ2v) is 11.9. The van der Waals surface area contributed by atoms with Crippen LogP contribution in [0.4, 0.5) is 5.69 Å². The molecule has 0 spiro atoms. The van der Waals surface area contributed by atoms with Gasteiger partial charge < -0.3 is 29.3 Å². The summed E-state index contributed by atoms with van der Waals surface area (Å²) in [5, 5.41) is 10.1. The van der Waals surface area contributed by atoms with E-state index in [0.29, 0.717) is 31.0 Å². The fourth-order valence-corrected chi connectivity index (χ4v) is 5.67. The number of nitrogens with zero attached hydrogens (tertiary/aromatic N) is 3. The van der Waals surface area contributed by atoms with Gasteiger partial charge in [-0.2, -0.15) is 0 Å². The maximum atomic E-state index is 14.1. The smallest absolute Gasteiger partial charge is 0.258 e. The van der Waals surface area contributed by atoms with Crippen LogP contribution in [0.1, 0.15) is 82.5 Å². The highest BCUT2D eigenvalue weighted by atomic mass is 16.5. The summed E-state index contributed by atoms with van der Waals surface area (Å²) in [6.45, 7) is 7.32. The normalized spacial score (nSPS) is 24.7. The first-order chi connectivity index (χ1) is 18.6. The van der Waals surface area contributed by atoms with Crippen molar-refractivity contribution in [3.8, 4) is 5.75 Å². The van der Waals surface area contributed by atoms with Gasteiger partial charge in [0, 0.05) is 58.4 Å². The van der Waals surface area contributed by atoms with Crippen LogP contribution in [0.2, 0.25) is 0 Å². The van der Waals surface area contributed by atoms with Crippen molar-refractivity contribution >= 4 is 17.5 Å². The van der Waals surface area contributed by atoms with E-state index in [1.54, 1.807) is 4.90 Å². The predicted molar refractivity (Wildman–Crippen MR) is 155 cm³/mol. The number of carbonyl (C=O) groups is 2. The summed E-state index contributed by atoms with van der Waals surface area (Å²) in [6, 6.07) is 5.34. The zero-order valence-electron chi connectivity index (χ0n) is 25.0. The van der Waals surface area contributed by atoms with Crippen molar-refractivity contribution < 1.29 is 24.2 Å². The van der Waals surface area contributed by atoms with Crippen molar-refractivity contribution in [2.45, 2.75) is 90.4 Å². The molecule has 8 heteroatoms. The third-order valence-electron chi connectivity index (χ3n) is 8.34. The maximum Gasteiger partial charge on any atom is 0.258 e. The highest BCUT2D eigenvalue weighted by Gasteiger charge is 2.32. The molecule has 0 radical (unpaired) electrons. The number of benzene rings is 1. The van der Waals surface area contributed by atoms with Gasteiger partial charge in [0.05, 0.1) is 30.4 Å². The van der Waals surface area contributed by atoms with Gasteiger partial charge in [0.15, 0.2) is 0 Å². The van der Waals surface area contributed by atoms with Crippen molar-refractivity contribution in [3.63, 3.8) is 0 Å². The summed E-state index contributed by atoms with van der Waals surface area (Å²) < 4.78 is 12.7. The van der Waals surface area contributed by atoms with Crippen molar-refractivity contribution in [2.75, 3.05) is 52.3 Å². The van der Waals surface area contributed by atoms with E-state index in [1.807, 2.05) is 63.0 Å². The van der Waals surface area contributed by atoms with Crippen molar-refractivity contribution in [1.29, 1.82) is 0 Å². The minimum Gasteiger partial charge on any atom is -0.490 e. The number of rotatable bonds is 6. The molecule has 4 atom stereocenters. The van der Waals surface area contributed by atoms with Crippen LogP contribution in [-0.2, 0) is 9.53 Å². The average molecular weight is 546 g/mol. The van der Waals surface area contributed by atoms with Crippen LogP contribution >= 0.6 is 0 Å². The van der Waals surface area contributed by atoms with Gasteiger partial charge in [-0.15, -0.1) is 0 Å². The van der Waals surface area contributed by atoms with E-state index in [4.69, 9.17) is 9.47 Å². The molecule has 8 nitrogen and oxygen atoms in total. The van der Waals surface area contributed by atoms with E-state index in [0.717, 1.165) is 50.6 Å². The van der Waals surface area contributed by atoms with Crippen LogP contribution in [0.3, 0.4) is 0 Å². The average Bonchev–Trinajstić information content (AvgIpc) is 2.93. The lowest BCUT2D eigenvalue weighted by molar-refractivity contribution is -0.137. The highest BCUT2D eigenvalue weighted by Crippen LogP contribution is 2.30. The summed E-state index contributed by atoms with van der Waals surface area (Å²) in [5.41, 5.74) is 1.41. The van der Waals surface area contributed by atoms with Crippen molar-refractivity contribution in [1.82, 2.24) is 9.80 Å². The summed E-state index contributed by atoms with van der Waals surface area (Å²) >= 11 is 0. The lowest BCUT2D eigenvalue weighted by atomic mass is 9.88. The van der Waals surface area contributed by atoms with Gasteiger partial charge in [0.25, 0.3) is 5.91 Å². The molecular formula is C31H51N3O5. The fraction of sp³-hybridized carbons (Fsp3) is 0.742. The summed E-state index contributed by atoms with van der Waals surface area (Å²) in [5.74, 6) is 0.666. The molecule has 1 aliphatic heterocycles. The molecule has 0 bridgehead atoms. The molecule has 0 unspecified atom stereocenters. The quantitative estimate of drug-likeness (QED) is 0.563. The predicted octanol–water partition coefficient (Wildman–Crippen LogP) is 4.59. The van der Waals surface area contributed by atoms with Gasteiger partial charge in [-0.25, -0.2) is 0 Å². The Kier molecular flexibility index (Phi) is 11.9. The molecule has 1 fully saturated rings. The van der Waals surface area contributed by atoms with Crippen LogP contribution in [0, 0.1) is 11.8 Å². The maximum absolute atomic E-state index is 14.1. The first kappa shape index (κ1) is 31.2. The van der Waals surface area contributed by atoms with Gasteiger partial charge in [-0.05, 0) is 64.2 Å². The summed E-state index contributed by atoms with van der Waals surface area (Å²) in [7, 11) is 5.78. The van der Waals surface area contributed by atoms with Crippen molar-refractivity contribution in [3.05, 3.63) is 23.8 Å². The number of hydrogen-bond donors (Lipinski definition) is 1. The van der Waals surface area contributed by atoms with Crippen LogP contribution in [0.25, 0.3) is 0 Å². The zero-order chi connectivity index (χ0) is 28.5. The largest absolute Gasteiger partial charge is 0.490 e. The third-order valence-corrected chi connectivity index (χ3v) is 8.34. The molecule has 39 heavy (non-hydrogen) atoms. The number of hydrogen-bond acceptors (Lipinski definition) is 6. The number of ether oxygens (including phenoxy) is 2. The first-order valence-corrected chi connectivity index (χ1v) is 14.9. The standard InChI is InChI=1S/C31H51N3O5/c1-22-19-34(23(2)21-35)31(37)27-18-26(32(4)5)15-16-28(27)39-24(3)12-10-11-17-38-29(22)20-33(6)30(36)25-13-8-7-9-14-25/h15-16,18,22-25,29,35H,7-14,17,19-21H2,1-6H3/t22-,23-,24-,29+/m1/s1. The van der Waals surface area contributed by atoms with E-state index in [-0.39, 0.29) is 48.5 Å². The molecule has 3 rings (SSSR count). The molecule has 2 aliphatic rings. The van der Waals surface area contributed by atoms with Gasteiger partial charge in [-0.1, -0.05) is 26.2 Å². The molecule has 0 saturated heterocycles. The second-order valence-electron chi connectivity index (χ2n) is 11.9. The van der Waals surface area contributed by atoms with E-state index >= 15 is 0 Å². The topological polar surface area (TPSA) is 82.6 Å². The number of aliphatic hydroxyl groups excluding tert-OH is 1. The molecule has 1 aromatic rings. The van der Waals surface area contributed by atoms with Gasteiger partial charge in [-0.3, -0.25) is 9.59 Å². The van der Waals surface area contributed by atoms with Gasteiger partial charge in [0.2, 0.25) is 5.91 Å². The Bertz CT molecular complexity index is 933. The summed E-state index contributed by atoms with van der Waals surface area (Å²) in [4.78, 5) is 32.9. The fourth-order valence-electron chi connectivity index (χ4n) is 5.67. The van der Waals surface area contributed by atoms with Crippen LogP contribution in [-0.4, -0.2) is 92.4 Å². The SMILES string of the molecule is C[C@@H]1CCCCO[C@@H](CN(C)C(=O)C2CCCCC2)[C@H](C)CN([C@H](C)CO)C(=O)c2cc(N(C)C)ccc2O1. The Morgan fingerprint density at radius 2 is 1.77 bits per heavy atom. The second kappa shape index (κ2) is 14.9. The lowest BCUT2D eigenvalue weighted by Crippen LogP contribution is -2.48. The Morgan fingerprint density at radius 3 is 2.44 bits per heavy atom. The third kappa shape index (κ3) is 8.58. The Labute approximate surface area is 235 Å². The highest BCUT2D eigenvalue weighted by molar-refractivity contribution is 5.98. The zero-order valence-corrected chi connectivity index (χ0v) is 25.0. The Morgan fingerprint density at radius 1 is 1.08 bits per heavy atom. The van der Waals surface area contributed by atoms with Crippen LogP contribution in [0.15, 0.2) is 18.2 Å². The Balaban J connectivity index is 1.89. The Hall–Kier alpha value is -2.32.